The highest BCUT2D eigenvalue weighted by Crippen LogP contribution is 2.43. The molecule has 198 valence electrons. The molecule has 3 unspecified atom stereocenters. The van der Waals surface area contributed by atoms with Gasteiger partial charge < -0.3 is 19.8 Å². The zero-order valence-corrected chi connectivity index (χ0v) is 22.8. The number of rotatable bonds is 22. The zero-order chi connectivity index (χ0) is 25.2. The summed E-state index contributed by atoms with van der Waals surface area (Å²) in [5.41, 5.74) is 0. The Bertz CT molecular complexity index is 542. The van der Waals surface area contributed by atoms with Crippen molar-refractivity contribution in [1.29, 1.82) is 0 Å². The summed E-state index contributed by atoms with van der Waals surface area (Å²) in [4.78, 5) is 22.0. The number of likely N-dealkylation sites (N-methyl/N-ethyl adjacent to an activating group) is 1. The first-order valence-corrected chi connectivity index (χ1v) is 14.4. The van der Waals surface area contributed by atoms with E-state index < -0.39 is 20.0 Å². The Kier molecular flexibility index (Phi) is 18.5. The van der Waals surface area contributed by atoms with Crippen LogP contribution in [0, 0.1) is 0 Å². The smallest absolute Gasteiger partial charge is 0.391 e. The molecule has 0 aliphatic heterocycles. The van der Waals surface area contributed by atoms with Crippen LogP contribution >= 0.6 is 7.82 Å². The van der Waals surface area contributed by atoms with Gasteiger partial charge in [-0.2, -0.15) is 0 Å². The van der Waals surface area contributed by atoms with Crippen LogP contribution in [-0.4, -0.2) is 73.4 Å². The van der Waals surface area contributed by atoms with E-state index in [2.05, 4.69) is 12.2 Å². The van der Waals surface area contributed by atoms with Gasteiger partial charge in [-0.05, 0) is 12.8 Å². The number of unbranched alkanes of at least 4 members (excludes halogenated alkanes) is 9. The highest BCUT2D eigenvalue weighted by atomic mass is 31.2. The summed E-state index contributed by atoms with van der Waals surface area (Å²) in [6, 6.07) is -0.745. The molecule has 8 nitrogen and oxygen atoms in total. The van der Waals surface area contributed by atoms with Crippen molar-refractivity contribution in [3.05, 3.63) is 0 Å². The van der Waals surface area contributed by atoms with Crippen LogP contribution in [0.15, 0.2) is 0 Å². The SMILES string of the molecule is CCCCCCCCCCCCC(O)C(COP(=O)(O)OCC[N+](C)(C)C)NC(=O)CCC. The number of hydrogen-bond acceptors (Lipinski definition) is 5. The van der Waals surface area contributed by atoms with E-state index in [1.807, 2.05) is 28.1 Å². The Morgan fingerprint density at radius 3 is 1.97 bits per heavy atom. The molecule has 0 aliphatic carbocycles. The quantitative estimate of drug-likeness (QED) is 0.113. The molecule has 0 aromatic heterocycles. The maximum absolute atomic E-state index is 12.2. The van der Waals surface area contributed by atoms with Crippen molar-refractivity contribution >= 4 is 13.7 Å². The first kappa shape index (κ1) is 32.5. The van der Waals surface area contributed by atoms with Gasteiger partial charge in [0, 0.05) is 6.42 Å². The fourth-order valence-electron chi connectivity index (χ4n) is 3.44. The van der Waals surface area contributed by atoms with Crippen molar-refractivity contribution in [3.63, 3.8) is 0 Å². The van der Waals surface area contributed by atoms with E-state index in [4.69, 9.17) is 9.05 Å². The second-order valence-corrected chi connectivity index (χ2v) is 11.5. The van der Waals surface area contributed by atoms with Crippen LogP contribution in [0.5, 0.6) is 0 Å². The Labute approximate surface area is 202 Å². The molecule has 0 aliphatic rings. The van der Waals surface area contributed by atoms with Crippen LogP contribution in [0.25, 0.3) is 0 Å². The number of carbonyl (C=O) groups is 1. The van der Waals surface area contributed by atoms with Crippen molar-refractivity contribution in [2.75, 3.05) is 40.9 Å². The predicted octanol–water partition coefficient (Wildman–Crippen LogP) is 4.78. The Balaban J connectivity index is 4.39. The number of quaternary nitrogens is 1. The second kappa shape index (κ2) is 18.8. The number of carbonyl (C=O) groups excluding carboxylic acids is 1. The minimum Gasteiger partial charge on any atom is -0.391 e. The standard InChI is InChI=1S/C24H51N2O6P/c1-6-8-9-10-11-12-13-14-15-16-18-23(27)22(25-24(28)17-7-2)21-32-33(29,30)31-20-19-26(3,4)5/h22-23,27H,6-21H2,1-5H3,(H-,25,28,29,30)/p+1. The van der Waals surface area contributed by atoms with E-state index in [0.29, 0.717) is 30.3 Å². The monoisotopic (exact) mass is 495 g/mol. The molecule has 0 heterocycles. The lowest BCUT2D eigenvalue weighted by atomic mass is 10.0. The topological polar surface area (TPSA) is 105 Å². The van der Waals surface area contributed by atoms with E-state index in [1.54, 1.807) is 0 Å². The van der Waals surface area contributed by atoms with Crippen molar-refractivity contribution in [3.8, 4) is 0 Å². The van der Waals surface area contributed by atoms with E-state index in [-0.39, 0.29) is 19.1 Å². The van der Waals surface area contributed by atoms with Gasteiger partial charge in [-0.15, -0.1) is 0 Å². The van der Waals surface area contributed by atoms with Gasteiger partial charge in [0.2, 0.25) is 5.91 Å². The number of aliphatic hydroxyl groups is 1. The highest BCUT2D eigenvalue weighted by molar-refractivity contribution is 7.47. The molecule has 9 heteroatoms. The molecule has 3 atom stereocenters. The summed E-state index contributed by atoms with van der Waals surface area (Å²) >= 11 is 0. The van der Waals surface area contributed by atoms with Crippen LogP contribution in [0.2, 0.25) is 0 Å². The highest BCUT2D eigenvalue weighted by Gasteiger charge is 2.28. The molecule has 0 fully saturated rings. The van der Waals surface area contributed by atoms with Crippen LogP contribution in [0.4, 0.5) is 0 Å². The molecular weight excluding hydrogens is 443 g/mol. The van der Waals surface area contributed by atoms with Crippen LogP contribution in [0.1, 0.15) is 97.3 Å². The molecular formula is C24H52N2O6P+. The lowest BCUT2D eigenvalue weighted by Gasteiger charge is -2.26. The van der Waals surface area contributed by atoms with E-state index in [1.165, 1.54) is 44.9 Å². The summed E-state index contributed by atoms with van der Waals surface area (Å²) in [6.45, 7) is 4.47. The maximum atomic E-state index is 12.2. The number of phosphoric acid groups is 1. The van der Waals surface area contributed by atoms with Crippen molar-refractivity contribution < 1.29 is 32.9 Å². The van der Waals surface area contributed by atoms with Crippen LogP contribution in [0.3, 0.4) is 0 Å². The molecule has 33 heavy (non-hydrogen) atoms. The molecule has 0 saturated carbocycles. The first-order chi connectivity index (χ1) is 15.5. The Morgan fingerprint density at radius 1 is 0.909 bits per heavy atom. The number of hydrogen-bond donors (Lipinski definition) is 3. The van der Waals surface area contributed by atoms with Crippen molar-refractivity contribution in [1.82, 2.24) is 5.32 Å². The summed E-state index contributed by atoms with van der Waals surface area (Å²) in [5, 5.41) is 13.4. The number of nitrogens with zero attached hydrogens (tertiary/aromatic N) is 1. The second-order valence-electron chi connectivity index (χ2n) is 10.1. The fourth-order valence-corrected chi connectivity index (χ4v) is 4.17. The molecule has 0 rings (SSSR count). The molecule has 0 spiro atoms. The summed E-state index contributed by atoms with van der Waals surface area (Å²) < 4.78 is 22.9. The average Bonchev–Trinajstić information content (AvgIpc) is 2.71. The van der Waals surface area contributed by atoms with Gasteiger partial charge in [0.1, 0.15) is 13.2 Å². The molecule has 0 aromatic carbocycles. The van der Waals surface area contributed by atoms with Gasteiger partial charge >= 0.3 is 7.82 Å². The summed E-state index contributed by atoms with van der Waals surface area (Å²) in [5.74, 6) is -0.202. The number of phosphoric ester groups is 1. The number of nitrogens with one attached hydrogen (secondary N) is 1. The van der Waals surface area contributed by atoms with Gasteiger partial charge in [0.05, 0.1) is 39.9 Å². The number of amides is 1. The van der Waals surface area contributed by atoms with Gasteiger partial charge in [-0.25, -0.2) is 4.57 Å². The largest absolute Gasteiger partial charge is 0.472 e. The molecule has 0 bridgehead atoms. The third-order valence-electron chi connectivity index (χ3n) is 5.58. The predicted molar refractivity (Wildman–Crippen MR) is 134 cm³/mol. The summed E-state index contributed by atoms with van der Waals surface area (Å²) in [7, 11) is 1.60. The molecule has 3 N–H and O–H groups in total. The van der Waals surface area contributed by atoms with Gasteiger partial charge in [0.15, 0.2) is 0 Å². The van der Waals surface area contributed by atoms with Gasteiger partial charge in [0.25, 0.3) is 0 Å². The lowest BCUT2D eigenvalue weighted by molar-refractivity contribution is -0.870. The van der Waals surface area contributed by atoms with Gasteiger partial charge in [-0.1, -0.05) is 78.1 Å². The number of aliphatic hydroxyl groups excluding tert-OH is 1. The first-order valence-electron chi connectivity index (χ1n) is 12.9. The Hall–Kier alpha value is -0.500. The van der Waals surface area contributed by atoms with E-state index in [0.717, 1.165) is 19.3 Å². The normalized spacial score (nSPS) is 15.7. The van der Waals surface area contributed by atoms with Crippen molar-refractivity contribution in [2.45, 2.75) is 109 Å². The van der Waals surface area contributed by atoms with Gasteiger partial charge in [-0.3, -0.25) is 13.8 Å². The van der Waals surface area contributed by atoms with Crippen LogP contribution < -0.4 is 5.32 Å². The maximum Gasteiger partial charge on any atom is 0.472 e. The third-order valence-corrected chi connectivity index (χ3v) is 6.56. The zero-order valence-electron chi connectivity index (χ0n) is 21.9. The molecule has 0 aromatic rings. The minimum absolute atomic E-state index is 0.0747. The minimum atomic E-state index is -4.26. The Morgan fingerprint density at radius 2 is 1.45 bits per heavy atom. The molecule has 0 radical (unpaired) electrons. The molecule has 0 saturated heterocycles. The van der Waals surface area contributed by atoms with E-state index >= 15 is 0 Å². The summed E-state index contributed by atoms with van der Waals surface area (Å²) in [6.07, 6.45) is 12.7. The average molecular weight is 496 g/mol. The molecule has 1 amide bonds. The lowest BCUT2D eigenvalue weighted by Crippen LogP contribution is -2.46. The van der Waals surface area contributed by atoms with E-state index in [9.17, 15) is 19.4 Å². The fraction of sp³-hybridized carbons (Fsp3) is 0.958. The van der Waals surface area contributed by atoms with Crippen LogP contribution in [-0.2, 0) is 18.4 Å². The third kappa shape index (κ3) is 20.6. The van der Waals surface area contributed by atoms with Crippen molar-refractivity contribution in [2.24, 2.45) is 0 Å².